The maximum atomic E-state index is 5.62. The molecule has 4 nitrogen and oxygen atoms in total. The van der Waals surface area contributed by atoms with E-state index in [1.54, 1.807) is 13.2 Å². The third-order valence-electron chi connectivity index (χ3n) is 2.72. The lowest BCUT2D eigenvalue weighted by molar-refractivity contribution is 0.119. The highest BCUT2D eigenvalue weighted by Crippen LogP contribution is 2.22. The van der Waals surface area contributed by atoms with E-state index >= 15 is 0 Å². The van der Waals surface area contributed by atoms with E-state index in [0.29, 0.717) is 5.82 Å². The quantitative estimate of drug-likeness (QED) is 0.878. The summed E-state index contributed by atoms with van der Waals surface area (Å²) in [5, 5.41) is 0. The number of hydrogen-bond acceptors (Lipinski definition) is 4. The van der Waals surface area contributed by atoms with Gasteiger partial charge in [-0.25, -0.2) is 9.97 Å². The molecule has 0 amide bonds. The second kappa shape index (κ2) is 4.93. The largest absolute Gasteiger partial charge is 0.384 e. The fourth-order valence-corrected chi connectivity index (χ4v) is 1.59. The molecule has 0 aliphatic heterocycles. The molecule has 17 heavy (non-hydrogen) atoms. The third kappa shape index (κ3) is 2.60. The Kier molecular flexibility index (Phi) is 3.35. The highest BCUT2D eigenvalue weighted by Gasteiger charge is 2.05. The van der Waals surface area contributed by atoms with Crippen LogP contribution in [-0.2, 0) is 4.74 Å². The Bertz CT molecular complexity index is 496. The highest BCUT2D eigenvalue weighted by atomic mass is 16.5. The zero-order chi connectivity index (χ0) is 12.3. The van der Waals surface area contributed by atoms with Gasteiger partial charge in [0, 0.05) is 18.7 Å². The number of benzene rings is 1. The Morgan fingerprint density at radius 3 is 2.47 bits per heavy atom. The second-order valence-corrected chi connectivity index (χ2v) is 3.83. The lowest BCUT2D eigenvalue weighted by Crippen LogP contribution is -1.96. The summed E-state index contributed by atoms with van der Waals surface area (Å²) in [6, 6.07) is 9.83. The molecule has 4 heteroatoms. The number of anilines is 1. The first-order valence-electron chi connectivity index (χ1n) is 5.41. The summed E-state index contributed by atoms with van der Waals surface area (Å²) < 4.78 is 5.26. The smallest absolute Gasteiger partial charge is 0.127 e. The molecule has 1 heterocycles. The van der Waals surface area contributed by atoms with Gasteiger partial charge in [-0.3, -0.25) is 0 Å². The monoisotopic (exact) mass is 229 g/mol. The number of hydrogen-bond donors (Lipinski definition) is 1. The zero-order valence-electron chi connectivity index (χ0n) is 9.92. The minimum atomic E-state index is 0.0968. The molecule has 0 radical (unpaired) electrons. The highest BCUT2D eigenvalue weighted by molar-refractivity contribution is 5.61. The van der Waals surface area contributed by atoms with Crippen molar-refractivity contribution < 1.29 is 4.74 Å². The molecule has 0 aliphatic carbocycles. The van der Waals surface area contributed by atoms with E-state index < -0.39 is 0 Å². The van der Waals surface area contributed by atoms with E-state index in [4.69, 9.17) is 10.5 Å². The SMILES string of the molecule is COC(C)c1ccc(-c2cc(N)ncn2)cc1. The Morgan fingerprint density at radius 1 is 1.18 bits per heavy atom. The summed E-state index contributed by atoms with van der Waals surface area (Å²) in [4.78, 5) is 8.05. The zero-order valence-corrected chi connectivity index (χ0v) is 9.92. The van der Waals surface area contributed by atoms with Crippen LogP contribution in [0.1, 0.15) is 18.6 Å². The van der Waals surface area contributed by atoms with Gasteiger partial charge in [-0.15, -0.1) is 0 Å². The molecule has 0 fully saturated rings. The molecule has 1 aromatic carbocycles. The number of rotatable bonds is 3. The third-order valence-corrected chi connectivity index (χ3v) is 2.72. The van der Waals surface area contributed by atoms with Crippen LogP contribution in [0.15, 0.2) is 36.7 Å². The molecule has 2 aromatic rings. The van der Waals surface area contributed by atoms with Gasteiger partial charge < -0.3 is 10.5 Å². The molecule has 1 atom stereocenters. The van der Waals surface area contributed by atoms with Crippen molar-refractivity contribution in [2.45, 2.75) is 13.0 Å². The summed E-state index contributed by atoms with van der Waals surface area (Å²) in [6.45, 7) is 2.01. The van der Waals surface area contributed by atoms with Crippen molar-refractivity contribution >= 4 is 5.82 Å². The average molecular weight is 229 g/mol. The Balaban J connectivity index is 2.29. The molecule has 1 unspecified atom stereocenters. The van der Waals surface area contributed by atoms with E-state index in [1.807, 2.05) is 31.2 Å². The minimum absolute atomic E-state index is 0.0968. The molecule has 2 rings (SSSR count). The summed E-state index contributed by atoms with van der Waals surface area (Å²) in [5.74, 6) is 0.476. The van der Waals surface area contributed by atoms with Crippen molar-refractivity contribution in [2.24, 2.45) is 0 Å². The number of aromatic nitrogens is 2. The molecule has 1 aromatic heterocycles. The van der Waals surface area contributed by atoms with Crippen molar-refractivity contribution in [3.63, 3.8) is 0 Å². The van der Waals surface area contributed by atoms with Crippen molar-refractivity contribution in [1.82, 2.24) is 9.97 Å². The molecule has 0 saturated heterocycles. The normalized spacial score (nSPS) is 12.4. The molecular formula is C13H15N3O. The summed E-state index contributed by atoms with van der Waals surface area (Å²) in [6.07, 6.45) is 1.57. The maximum Gasteiger partial charge on any atom is 0.127 e. The fraction of sp³-hybridized carbons (Fsp3) is 0.231. The molecule has 0 aliphatic rings. The van der Waals surface area contributed by atoms with E-state index in [0.717, 1.165) is 16.8 Å². The van der Waals surface area contributed by atoms with Gasteiger partial charge in [0.15, 0.2) is 0 Å². The molecule has 0 bridgehead atoms. The first-order chi connectivity index (χ1) is 8.20. The van der Waals surface area contributed by atoms with Gasteiger partial charge in [-0.1, -0.05) is 24.3 Å². The fourth-order valence-electron chi connectivity index (χ4n) is 1.59. The van der Waals surface area contributed by atoms with E-state index in [-0.39, 0.29) is 6.10 Å². The lowest BCUT2D eigenvalue weighted by Gasteiger charge is -2.10. The van der Waals surface area contributed by atoms with Crippen LogP contribution in [0.3, 0.4) is 0 Å². The maximum absolute atomic E-state index is 5.62. The summed E-state index contributed by atoms with van der Waals surface area (Å²) in [5.41, 5.74) is 8.61. The first kappa shape index (κ1) is 11.5. The van der Waals surface area contributed by atoms with Gasteiger partial charge >= 0.3 is 0 Å². The number of ether oxygens (including phenoxy) is 1. The predicted molar refractivity (Wildman–Crippen MR) is 67.3 cm³/mol. The summed E-state index contributed by atoms with van der Waals surface area (Å²) in [7, 11) is 1.70. The van der Waals surface area contributed by atoms with Crippen LogP contribution in [0.2, 0.25) is 0 Å². The number of nitrogen functional groups attached to an aromatic ring is 1. The first-order valence-corrected chi connectivity index (χ1v) is 5.41. The van der Waals surface area contributed by atoms with Crippen LogP contribution in [0.25, 0.3) is 11.3 Å². The van der Waals surface area contributed by atoms with Gasteiger partial charge in [0.05, 0.1) is 11.8 Å². The van der Waals surface area contributed by atoms with Crippen LogP contribution < -0.4 is 5.73 Å². The van der Waals surface area contributed by atoms with Crippen molar-refractivity contribution in [2.75, 3.05) is 12.8 Å². The Morgan fingerprint density at radius 2 is 1.88 bits per heavy atom. The number of nitrogens with two attached hydrogens (primary N) is 1. The van der Waals surface area contributed by atoms with E-state index in [1.165, 1.54) is 6.33 Å². The molecular weight excluding hydrogens is 214 g/mol. The summed E-state index contributed by atoms with van der Waals surface area (Å²) >= 11 is 0. The Hall–Kier alpha value is -1.94. The van der Waals surface area contributed by atoms with Gasteiger partial charge in [0.2, 0.25) is 0 Å². The van der Waals surface area contributed by atoms with Crippen LogP contribution in [0, 0.1) is 0 Å². The molecule has 0 spiro atoms. The second-order valence-electron chi connectivity index (χ2n) is 3.83. The van der Waals surface area contributed by atoms with Crippen molar-refractivity contribution in [3.8, 4) is 11.3 Å². The van der Waals surface area contributed by atoms with E-state index in [2.05, 4.69) is 9.97 Å². The van der Waals surface area contributed by atoms with Crippen LogP contribution in [0.4, 0.5) is 5.82 Å². The van der Waals surface area contributed by atoms with Crippen molar-refractivity contribution in [1.29, 1.82) is 0 Å². The van der Waals surface area contributed by atoms with Gasteiger partial charge in [0.1, 0.15) is 12.1 Å². The molecule has 2 N–H and O–H groups in total. The van der Waals surface area contributed by atoms with E-state index in [9.17, 15) is 0 Å². The van der Waals surface area contributed by atoms with Gasteiger partial charge in [-0.05, 0) is 12.5 Å². The topological polar surface area (TPSA) is 61.0 Å². The van der Waals surface area contributed by atoms with Crippen LogP contribution in [-0.4, -0.2) is 17.1 Å². The van der Waals surface area contributed by atoms with Gasteiger partial charge in [-0.2, -0.15) is 0 Å². The molecule has 0 saturated carbocycles. The number of methoxy groups -OCH3 is 1. The Labute approximate surface area is 100 Å². The van der Waals surface area contributed by atoms with Gasteiger partial charge in [0.25, 0.3) is 0 Å². The standard InChI is InChI=1S/C13H15N3O/c1-9(17-2)10-3-5-11(6-4-10)12-7-13(14)16-8-15-12/h3-9H,1-2H3,(H2,14,15,16). The van der Waals surface area contributed by atoms with Crippen LogP contribution >= 0.6 is 0 Å². The van der Waals surface area contributed by atoms with Crippen molar-refractivity contribution in [3.05, 3.63) is 42.2 Å². The lowest BCUT2D eigenvalue weighted by atomic mass is 10.1. The average Bonchev–Trinajstić information content (AvgIpc) is 2.38. The van der Waals surface area contributed by atoms with Crippen LogP contribution in [0.5, 0.6) is 0 Å². The number of nitrogens with zero attached hydrogens (tertiary/aromatic N) is 2. The minimum Gasteiger partial charge on any atom is -0.384 e. The predicted octanol–water partition coefficient (Wildman–Crippen LogP) is 2.43. The molecule has 88 valence electrons.